The number of aryl methyl sites for hydroxylation is 2. The Morgan fingerprint density at radius 3 is 2.50 bits per heavy atom. The van der Waals surface area contributed by atoms with Gasteiger partial charge >= 0.3 is 0 Å². The molecular weight excluding hydrogens is 170 g/mol. The first-order valence-corrected chi connectivity index (χ1v) is 5.07. The van der Waals surface area contributed by atoms with Gasteiger partial charge in [-0.2, -0.15) is 0 Å². The Kier molecular flexibility index (Phi) is 3.34. The molecule has 0 heterocycles. The lowest BCUT2D eigenvalue weighted by atomic mass is 10.0. The largest absolute Gasteiger partial charge is 0.360 e. The topological polar surface area (TPSA) is 12.0 Å². The summed E-state index contributed by atoms with van der Waals surface area (Å²) in [6.07, 6.45) is 1.08. The Morgan fingerprint density at radius 2 is 2.00 bits per heavy atom. The Balaban J connectivity index is 3.09. The molecule has 0 radical (unpaired) electrons. The number of hydrogen-bond acceptors (Lipinski definition) is 1. The minimum absolute atomic E-state index is 0.982. The van der Waals surface area contributed by atoms with E-state index in [4.69, 9.17) is 0 Å². The predicted molar refractivity (Wildman–Crippen MR) is 63.7 cm³/mol. The molecule has 14 heavy (non-hydrogen) atoms. The van der Waals surface area contributed by atoms with Crippen molar-refractivity contribution in [1.29, 1.82) is 0 Å². The second-order valence-corrected chi connectivity index (χ2v) is 3.84. The van der Waals surface area contributed by atoms with E-state index in [-0.39, 0.29) is 0 Å². The van der Waals surface area contributed by atoms with Crippen molar-refractivity contribution in [3.05, 3.63) is 41.1 Å². The summed E-state index contributed by atoms with van der Waals surface area (Å²) in [5.41, 5.74) is 6.29. The maximum absolute atomic E-state index is 3.85. The van der Waals surface area contributed by atoms with E-state index < -0.39 is 0 Å². The number of anilines is 1. The first kappa shape index (κ1) is 10.8. The molecule has 0 saturated carbocycles. The summed E-state index contributed by atoms with van der Waals surface area (Å²) in [4.78, 5) is 0. The molecule has 1 heteroatoms. The molecule has 1 rings (SSSR count). The second kappa shape index (κ2) is 4.32. The van der Waals surface area contributed by atoms with Gasteiger partial charge in [-0.25, -0.2) is 0 Å². The third-order valence-corrected chi connectivity index (χ3v) is 2.51. The molecule has 0 unspecified atom stereocenters. The van der Waals surface area contributed by atoms with Crippen LogP contribution in [0.15, 0.2) is 24.4 Å². The van der Waals surface area contributed by atoms with Crippen molar-refractivity contribution in [2.24, 2.45) is 0 Å². The molecule has 1 aromatic rings. The maximum atomic E-state index is 3.85. The fraction of sp³-hybridized carbons (Fsp3) is 0.385. The molecule has 0 atom stereocenters. The molecule has 0 aromatic heterocycles. The van der Waals surface area contributed by atoms with Crippen molar-refractivity contribution < 1.29 is 0 Å². The van der Waals surface area contributed by atoms with Gasteiger partial charge in [-0.1, -0.05) is 13.5 Å². The average Bonchev–Trinajstić information content (AvgIpc) is 2.10. The van der Waals surface area contributed by atoms with Gasteiger partial charge in [0.05, 0.1) is 0 Å². The van der Waals surface area contributed by atoms with E-state index in [1.54, 1.807) is 0 Å². The summed E-state index contributed by atoms with van der Waals surface area (Å²) in [7, 11) is 0. The third-order valence-electron chi connectivity index (χ3n) is 2.51. The highest BCUT2D eigenvalue weighted by atomic mass is 14.9. The molecule has 0 amide bonds. The summed E-state index contributed by atoms with van der Waals surface area (Å²) in [6.45, 7) is 12.3. The Morgan fingerprint density at radius 1 is 1.36 bits per heavy atom. The van der Waals surface area contributed by atoms with Crippen molar-refractivity contribution in [3.8, 4) is 0 Å². The fourth-order valence-corrected chi connectivity index (χ4v) is 1.62. The lowest BCUT2D eigenvalue weighted by molar-refractivity contribution is 1.09. The van der Waals surface area contributed by atoms with Crippen LogP contribution in [-0.2, 0) is 6.42 Å². The van der Waals surface area contributed by atoms with Crippen LogP contribution < -0.4 is 5.32 Å². The minimum atomic E-state index is 0.982. The average molecular weight is 189 g/mol. The monoisotopic (exact) mass is 189 g/mol. The van der Waals surface area contributed by atoms with Gasteiger partial charge in [-0.3, -0.25) is 0 Å². The van der Waals surface area contributed by atoms with Gasteiger partial charge in [-0.15, -0.1) is 0 Å². The number of rotatable bonds is 3. The van der Waals surface area contributed by atoms with Crippen LogP contribution in [0, 0.1) is 13.8 Å². The molecule has 0 aliphatic rings. The molecule has 1 nitrogen and oxygen atoms in total. The van der Waals surface area contributed by atoms with E-state index in [0.717, 1.165) is 17.8 Å². The van der Waals surface area contributed by atoms with E-state index in [0.29, 0.717) is 0 Å². The fourth-order valence-electron chi connectivity index (χ4n) is 1.62. The van der Waals surface area contributed by atoms with Crippen LogP contribution in [0.25, 0.3) is 0 Å². The SMILES string of the molecule is C=C(C)Nc1cc(C)c(C)c(CC)c1. The Hall–Kier alpha value is -1.24. The number of hydrogen-bond donors (Lipinski definition) is 1. The zero-order chi connectivity index (χ0) is 10.7. The van der Waals surface area contributed by atoms with E-state index in [2.05, 4.69) is 44.8 Å². The molecule has 0 fully saturated rings. The summed E-state index contributed by atoms with van der Waals surface area (Å²) in [5.74, 6) is 0. The van der Waals surface area contributed by atoms with Gasteiger partial charge in [0.15, 0.2) is 0 Å². The molecule has 0 bridgehead atoms. The standard InChI is InChI=1S/C13H19N/c1-6-12-8-13(14-9(2)3)7-10(4)11(12)5/h7-8,14H,2,6H2,1,3-5H3. The Labute approximate surface area is 86.8 Å². The maximum Gasteiger partial charge on any atom is 0.0387 e. The molecule has 1 N–H and O–H groups in total. The highest BCUT2D eigenvalue weighted by Gasteiger charge is 2.02. The first-order valence-electron chi connectivity index (χ1n) is 5.07. The lowest BCUT2D eigenvalue weighted by Crippen LogP contribution is -1.98. The van der Waals surface area contributed by atoms with Crippen molar-refractivity contribution in [2.75, 3.05) is 5.32 Å². The quantitative estimate of drug-likeness (QED) is 0.762. The van der Waals surface area contributed by atoms with Gasteiger partial charge < -0.3 is 5.32 Å². The van der Waals surface area contributed by atoms with Gasteiger partial charge in [0.25, 0.3) is 0 Å². The third kappa shape index (κ3) is 2.38. The molecule has 0 aliphatic carbocycles. The predicted octanol–water partition coefficient (Wildman–Crippen LogP) is 3.81. The van der Waals surface area contributed by atoms with E-state index in [1.165, 1.54) is 16.7 Å². The number of benzene rings is 1. The highest BCUT2D eigenvalue weighted by molar-refractivity contribution is 5.54. The normalized spacial score (nSPS) is 10.0. The molecular formula is C13H19N. The lowest BCUT2D eigenvalue weighted by Gasteiger charge is -2.12. The molecule has 0 aliphatic heterocycles. The zero-order valence-corrected chi connectivity index (χ0v) is 9.57. The summed E-state index contributed by atoms with van der Waals surface area (Å²) < 4.78 is 0. The van der Waals surface area contributed by atoms with Crippen molar-refractivity contribution in [3.63, 3.8) is 0 Å². The van der Waals surface area contributed by atoms with Gasteiger partial charge in [0, 0.05) is 11.4 Å². The van der Waals surface area contributed by atoms with Crippen LogP contribution in [0.1, 0.15) is 30.5 Å². The highest BCUT2D eigenvalue weighted by Crippen LogP contribution is 2.21. The van der Waals surface area contributed by atoms with Gasteiger partial charge in [-0.05, 0) is 56.0 Å². The van der Waals surface area contributed by atoms with Crippen LogP contribution in [-0.4, -0.2) is 0 Å². The van der Waals surface area contributed by atoms with E-state index in [1.807, 2.05) is 6.92 Å². The summed E-state index contributed by atoms with van der Waals surface area (Å²) in [5, 5.41) is 3.25. The first-order chi connectivity index (χ1) is 6.54. The van der Waals surface area contributed by atoms with Crippen LogP contribution in [0.4, 0.5) is 5.69 Å². The molecule has 0 saturated heterocycles. The number of allylic oxidation sites excluding steroid dienone is 1. The number of nitrogens with one attached hydrogen (secondary N) is 1. The minimum Gasteiger partial charge on any atom is -0.360 e. The van der Waals surface area contributed by atoms with Crippen LogP contribution >= 0.6 is 0 Å². The van der Waals surface area contributed by atoms with Crippen molar-refractivity contribution >= 4 is 5.69 Å². The Bertz CT molecular complexity index is 350. The summed E-state index contributed by atoms with van der Waals surface area (Å²) >= 11 is 0. The second-order valence-electron chi connectivity index (χ2n) is 3.84. The van der Waals surface area contributed by atoms with E-state index in [9.17, 15) is 0 Å². The van der Waals surface area contributed by atoms with Crippen molar-refractivity contribution in [2.45, 2.75) is 34.1 Å². The van der Waals surface area contributed by atoms with Crippen LogP contribution in [0.2, 0.25) is 0 Å². The van der Waals surface area contributed by atoms with Crippen LogP contribution in [0.3, 0.4) is 0 Å². The molecule has 0 spiro atoms. The van der Waals surface area contributed by atoms with E-state index >= 15 is 0 Å². The summed E-state index contributed by atoms with van der Waals surface area (Å²) in [6, 6.07) is 4.38. The van der Waals surface area contributed by atoms with Gasteiger partial charge in [0.2, 0.25) is 0 Å². The molecule has 76 valence electrons. The van der Waals surface area contributed by atoms with Crippen molar-refractivity contribution in [1.82, 2.24) is 0 Å². The zero-order valence-electron chi connectivity index (χ0n) is 9.57. The molecule has 1 aromatic carbocycles. The smallest absolute Gasteiger partial charge is 0.0387 e. The van der Waals surface area contributed by atoms with Gasteiger partial charge in [0.1, 0.15) is 0 Å². The van der Waals surface area contributed by atoms with Crippen LogP contribution in [0.5, 0.6) is 0 Å².